The average Bonchev–Trinajstić information content (AvgIpc) is 3.71. The van der Waals surface area contributed by atoms with Gasteiger partial charge in [0, 0.05) is 49.2 Å². The van der Waals surface area contributed by atoms with Gasteiger partial charge in [0.25, 0.3) is 0 Å². The molecule has 5 saturated carbocycles. The highest BCUT2D eigenvalue weighted by molar-refractivity contribution is 5.33. The lowest BCUT2D eigenvalue weighted by Crippen LogP contribution is -2.72. The van der Waals surface area contributed by atoms with Crippen molar-refractivity contribution in [2.75, 3.05) is 59.2 Å². The molecule has 0 radical (unpaired) electrons. The Kier molecular flexibility index (Phi) is 9.11. The van der Waals surface area contributed by atoms with Gasteiger partial charge in [-0.1, -0.05) is 41.5 Å². The number of fused-ring (bicyclic) bond motifs is 4. The Morgan fingerprint density at radius 3 is 2.31 bits per heavy atom. The fourth-order valence-electron chi connectivity index (χ4n) is 16.4. The number of hydrogen-bond acceptors (Lipinski definition) is 9. The van der Waals surface area contributed by atoms with Crippen LogP contribution in [0, 0.1) is 56.2 Å². The van der Waals surface area contributed by atoms with Gasteiger partial charge in [0.1, 0.15) is 6.10 Å². The first-order valence-corrected chi connectivity index (χ1v) is 22.3. The summed E-state index contributed by atoms with van der Waals surface area (Å²) in [6.45, 7) is 31.2. The summed E-state index contributed by atoms with van der Waals surface area (Å²) >= 11 is 0. The van der Waals surface area contributed by atoms with E-state index < -0.39 is 17.8 Å². The van der Waals surface area contributed by atoms with Gasteiger partial charge in [-0.05, 0) is 124 Å². The van der Waals surface area contributed by atoms with Crippen molar-refractivity contribution in [2.24, 2.45) is 56.2 Å². The number of morpholine rings is 1. The van der Waals surface area contributed by atoms with Gasteiger partial charge in [0.05, 0.1) is 56.4 Å². The lowest BCUT2D eigenvalue weighted by atomic mass is 9.41. The molecule has 9 aliphatic rings. The molecule has 0 aromatic carbocycles. The van der Waals surface area contributed by atoms with E-state index in [0.717, 1.165) is 65.4 Å². The molecule has 0 aromatic rings. The third kappa shape index (κ3) is 5.33. The topological polar surface area (TPSA) is 93.1 Å². The molecule has 9 heteroatoms. The first-order valence-electron chi connectivity index (χ1n) is 22.3. The predicted molar refractivity (Wildman–Crippen MR) is 208 cm³/mol. The standard InChI is InChI=1S/C45H76N2O7/c1-11-51-37(39(5,6)49)29-20-28(2)34-35(53-29)36(48)43(10)31-13-12-30-38(3,4)32(14-15-44(30)22-45(31,44)17-16-42(34,43)9)54-33-21-47(18-19-52-33)41(8)24-46(25-41)23-40(7)26-50-27-40/h28-37,48-49H,11-27H2,1-10H3/t28-,29-,30+,31+,32+,33+,34+,35+,36+,37+,42-,43-,44-,45+/m1/s1. The molecule has 0 amide bonds. The van der Waals surface area contributed by atoms with E-state index in [2.05, 4.69) is 58.3 Å². The van der Waals surface area contributed by atoms with E-state index >= 15 is 0 Å². The summed E-state index contributed by atoms with van der Waals surface area (Å²) in [6.07, 6.45) is 8.02. The van der Waals surface area contributed by atoms with Crippen molar-refractivity contribution in [3.63, 3.8) is 0 Å². The van der Waals surface area contributed by atoms with Crippen LogP contribution in [0.5, 0.6) is 0 Å². The first kappa shape index (κ1) is 39.1. The van der Waals surface area contributed by atoms with Gasteiger partial charge >= 0.3 is 0 Å². The van der Waals surface area contributed by atoms with E-state index in [4.69, 9.17) is 23.7 Å². The zero-order valence-electron chi connectivity index (χ0n) is 35.6. The lowest BCUT2D eigenvalue weighted by Gasteiger charge is -2.64. The molecular weight excluding hydrogens is 681 g/mol. The van der Waals surface area contributed by atoms with Crippen molar-refractivity contribution in [3.8, 4) is 0 Å². The molecule has 5 aliphatic carbocycles. The molecule has 2 spiro atoms. The minimum atomic E-state index is -1.02. The molecule has 4 heterocycles. The molecule has 2 N–H and O–H groups in total. The van der Waals surface area contributed by atoms with Crippen molar-refractivity contribution >= 4 is 0 Å². The van der Waals surface area contributed by atoms with Crippen molar-refractivity contribution < 1.29 is 33.9 Å². The monoisotopic (exact) mass is 757 g/mol. The van der Waals surface area contributed by atoms with E-state index in [-0.39, 0.29) is 46.4 Å². The van der Waals surface area contributed by atoms with Crippen LogP contribution < -0.4 is 0 Å². The third-order valence-electron chi connectivity index (χ3n) is 18.9. The van der Waals surface area contributed by atoms with Gasteiger partial charge in [0.15, 0.2) is 6.29 Å². The molecule has 14 atom stereocenters. The predicted octanol–water partition coefficient (Wildman–Crippen LogP) is 6.13. The highest BCUT2D eigenvalue weighted by atomic mass is 16.7. The Hall–Kier alpha value is -0.360. The van der Waals surface area contributed by atoms with E-state index in [1.54, 1.807) is 0 Å². The summed E-state index contributed by atoms with van der Waals surface area (Å²) < 4.78 is 32.2. The number of aliphatic hydroxyl groups excluding tert-OH is 1. The van der Waals surface area contributed by atoms with Crippen LogP contribution in [0.2, 0.25) is 0 Å². The second-order valence-electron chi connectivity index (χ2n) is 22.9. The largest absolute Gasteiger partial charge is 0.390 e. The average molecular weight is 757 g/mol. The highest BCUT2D eigenvalue weighted by Gasteiger charge is 2.84. The summed E-state index contributed by atoms with van der Waals surface area (Å²) in [5, 5.41) is 23.8. The van der Waals surface area contributed by atoms with Gasteiger partial charge in [-0.2, -0.15) is 0 Å². The minimum absolute atomic E-state index is 0.0154. The number of ether oxygens (including phenoxy) is 5. The van der Waals surface area contributed by atoms with Crippen LogP contribution in [0.15, 0.2) is 0 Å². The van der Waals surface area contributed by atoms with E-state index in [1.165, 1.54) is 38.5 Å². The smallest absolute Gasteiger partial charge is 0.170 e. The fourth-order valence-corrected chi connectivity index (χ4v) is 16.4. The number of rotatable bonds is 9. The van der Waals surface area contributed by atoms with Crippen LogP contribution in [0.25, 0.3) is 0 Å². The van der Waals surface area contributed by atoms with Crippen LogP contribution in [0.3, 0.4) is 0 Å². The van der Waals surface area contributed by atoms with Gasteiger partial charge in [-0.25, -0.2) is 0 Å². The quantitative estimate of drug-likeness (QED) is 0.289. The number of hydrogen-bond donors (Lipinski definition) is 2. The van der Waals surface area contributed by atoms with E-state index in [0.29, 0.717) is 46.5 Å². The maximum atomic E-state index is 12.7. The SMILES string of the molecule is CCO[C@@H]([C@H]1C[C@@H](C)[C@H]2[C@H](O1)[C@H](O)[C@@]1(C)[C@@H]3CC[C@H]4C(C)(C)[C@@H](O[C@H]5CN(C6(C)CN(CC7(C)COC7)C6)CCO5)CC[C@@]45C[C@@]35CC[C@]21C)C(C)(C)O. The molecule has 308 valence electrons. The summed E-state index contributed by atoms with van der Waals surface area (Å²) in [6, 6.07) is 0. The van der Waals surface area contributed by atoms with Crippen LogP contribution in [-0.2, 0) is 23.7 Å². The van der Waals surface area contributed by atoms with Crippen molar-refractivity contribution in [1.82, 2.24) is 9.80 Å². The maximum Gasteiger partial charge on any atom is 0.170 e. The Morgan fingerprint density at radius 1 is 0.944 bits per heavy atom. The van der Waals surface area contributed by atoms with E-state index in [9.17, 15) is 10.2 Å². The Balaban J connectivity index is 0.890. The molecule has 4 aliphatic heterocycles. The van der Waals surface area contributed by atoms with Crippen molar-refractivity contribution in [2.45, 2.75) is 169 Å². The van der Waals surface area contributed by atoms with Crippen LogP contribution in [0.1, 0.15) is 121 Å². The van der Waals surface area contributed by atoms with Gasteiger partial charge in [-0.3, -0.25) is 9.80 Å². The molecule has 0 aromatic heterocycles. The molecule has 9 rings (SSSR count). The summed E-state index contributed by atoms with van der Waals surface area (Å²) in [4.78, 5) is 5.28. The van der Waals surface area contributed by atoms with E-state index in [1.807, 2.05) is 20.8 Å². The van der Waals surface area contributed by atoms with Crippen LogP contribution >= 0.6 is 0 Å². The third-order valence-corrected chi connectivity index (χ3v) is 18.9. The zero-order chi connectivity index (χ0) is 38.5. The van der Waals surface area contributed by atoms with Crippen molar-refractivity contribution in [3.05, 3.63) is 0 Å². The minimum Gasteiger partial charge on any atom is -0.390 e. The fraction of sp³-hybridized carbons (Fsp3) is 1.00. The summed E-state index contributed by atoms with van der Waals surface area (Å²) in [5.74, 6) is 1.82. The van der Waals surface area contributed by atoms with Gasteiger partial charge in [-0.15, -0.1) is 0 Å². The van der Waals surface area contributed by atoms with Gasteiger partial charge in [0.2, 0.25) is 0 Å². The second kappa shape index (κ2) is 12.6. The van der Waals surface area contributed by atoms with Gasteiger partial charge < -0.3 is 33.9 Å². The van der Waals surface area contributed by atoms with Crippen molar-refractivity contribution in [1.29, 1.82) is 0 Å². The summed E-state index contributed by atoms with van der Waals surface area (Å²) in [7, 11) is 0. The molecule has 0 unspecified atom stereocenters. The molecule has 0 bridgehead atoms. The van der Waals surface area contributed by atoms with Crippen LogP contribution in [0.4, 0.5) is 0 Å². The zero-order valence-corrected chi connectivity index (χ0v) is 35.6. The Labute approximate surface area is 326 Å². The molecule has 4 saturated heterocycles. The molecular formula is C45H76N2O7. The normalized spacial score (nSPS) is 51.0. The molecule has 54 heavy (non-hydrogen) atoms. The Bertz CT molecular complexity index is 1440. The maximum absolute atomic E-state index is 12.7. The lowest BCUT2D eigenvalue weighted by molar-refractivity contribution is -0.260. The molecule has 9 fully saturated rings. The number of nitrogens with zero attached hydrogens (tertiary/aromatic N) is 2. The summed E-state index contributed by atoms with van der Waals surface area (Å²) in [5.41, 5.74) is 0.0227. The van der Waals surface area contributed by atoms with Crippen LogP contribution in [-0.4, -0.2) is 127 Å². The molecule has 9 nitrogen and oxygen atoms in total. The first-order chi connectivity index (χ1) is 25.3. The number of likely N-dealkylation sites (tertiary alicyclic amines) is 1. The number of aliphatic hydroxyl groups is 2. The second-order valence-corrected chi connectivity index (χ2v) is 22.9. The highest BCUT2D eigenvalue weighted by Crippen LogP contribution is 2.89. The Morgan fingerprint density at radius 2 is 1.65 bits per heavy atom.